The first-order valence-electron chi connectivity index (χ1n) is 25.7. The van der Waals surface area contributed by atoms with Gasteiger partial charge in [0.15, 0.2) is 0 Å². The smallest absolute Gasteiger partial charge is 0.407 e. The average Bonchev–Trinajstić information content (AvgIpc) is 4.19. The molecule has 0 aliphatic carbocycles. The van der Waals surface area contributed by atoms with Crippen LogP contribution in [-0.4, -0.2) is 76.8 Å². The van der Waals surface area contributed by atoms with Crippen molar-refractivity contribution in [2.75, 3.05) is 26.2 Å². The number of nitrogens with zero attached hydrogens (tertiary/aromatic N) is 5. The molecular formula is C63H63N9O4. The van der Waals surface area contributed by atoms with Crippen LogP contribution in [0.5, 0.6) is 0 Å². The number of aliphatic imine (C=N–C) groups is 3. The minimum absolute atomic E-state index is 0.0497. The molecule has 9 rings (SSSR count). The predicted octanol–water partition coefficient (Wildman–Crippen LogP) is 9.20. The highest BCUT2D eigenvalue weighted by atomic mass is 16.6. The second-order valence-corrected chi connectivity index (χ2v) is 18.8. The van der Waals surface area contributed by atoms with Crippen LogP contribution < -0.4 is 21.7 Å². The van der Waals surface area contributed by atoms with Crippen LogP contribution in [0.2, 0.25) is 0 Å². The number of pyridine rings is 2. The number of alkyl carbamates (subject to hydrolysis) is 1. The number of hydrogen-bond acceptors (Lipinski definition) is 10. The van der Waals surface area contributed by atoms with Crippen molar-refractivity contribution in [3.63, 3.8) is 0 Å². The normalized spacial score (nSPS) is 12.1. The van der Waals surface area contributed by atoms with E-state index in [0.717, 1.165) is 94.7 Å². The van der Waals surface area contributed by atoms with E-state index < -0.39 is 11.7 Å². The van der Waals surface area contributed by atoms with Gasteiger partial charge in [0.25, 0.3) is 11.8 Å². The highest BCUT2D eigenvalue weighted by Gasteiger charge is 2.17. The molecular weight excluding hydrogens is 947 g/mol. The average molecular weight is 1010 g/mol. The second kappa shape index (κ2) is 28.5. The lowest BCUT2D eigenvalue weighted by atomic mass is 10.1. The van der Waals surface area contributed by atoms with Crippen LogP contribution in [-0.2, 0) is 24.4 Å². The first-order chi connectivity index (χ1) is 37.0. The zero-order valence-electron chi connectivity index (χ0n) is 43.4. The van der Waals surface area contributed by atoms with E-state index in [2.05, 4.69) is 94.6 Å². The van der Waals surface area contributed by atoms with E-state index in [-0.39, 0.29) is 11.8 Å². The van der Waals surface area contributed by atoms with Crippen LogP contribution in [0, 0.1) is 35.5 Å². The topological polar surface area (TPSA) is 185 Å². The molecule has 6 aromatic rings. The summed E-state index contributed by atoms with van der Waals surface area (Å²) in [5, 5.41) is 8.60. The summed E-state index contributed by atoms with van der Waals surface area (Å²) >= 11 is 0. The van der Waals surface area contributed by atoms with Crippen molar-refractivity contribution < 1.29 is 19.1 Å². The number of nitrogens with two attached hydrogens (primary N) is 1. The highest BCUT2D eigenvalue weighted by molar-refractivity contribution is 6.16. The fraction of sp³-hybridized carbons (Fsp3) is 0.270. The van der Waals surface area contributed by atoms with Gasteiger partial charge in [-0.25, -0.2) is 4.79 Å². The maximum atomic E-state index is 12.3. The van der Waals surface area contributed by atoms with Gasteiger partial charge in [0, 0.05) is 82.7 Å². The number of nitrogens with one attached hydrogen (secondary N) is 3. The summed E-state index contributed by atoms with van der Waals surface area (Å²) in [5.41, 5.74) is 18.0. The molecule has 5 N–H and O–H groups in total. The maximum Gasteiger partial charge on any atom is 0.407 e. The molecule has 5 heterocycles. The van der Waals surface area contributed by atoms with Gasteiger partial charge in [-0.05, 0) is 161 Å². The van der Waals surface area contributed by atoms with Gasteiger partial charge in [-0.2, -0.15) is 0 Å². The van der Waals surface area contributed by atoms with Crippen molar-refractivity contribution in [2.45, 2.75) is 84.5 Å². The number of ether oxygens (including phenoxy) is 1. The number of carbonyl (C=O) groups is 3. The third-order valence-electron chi connectivity index (χ3n) is 11.8. The van der Waals surface area contributed by atoms with Crippen LogP contribution in [0.4, 0.5) is 4.79 Å². The monoisotopic (exact) mass is 1010 g/mol. The lowest BCUT2D eigenvalue weighted by Crippen LogP contribution is -2.33. The first-order valence-corrected chi connectivity index (χ1v) is 25.7. The van der Waals surface area contributed by atoms with Crippen molar-refractivity contribution in [3.8, 4) is 35.5 Å². The Hall–Kier alpha value is -8.96. The number of rotatable bonds is 13. The lowest BCUT2D eigenvalue weighted by Gasteiger charge is -2.19. The minimum atomic E-state index is -0.490. The molecule has 13 nitrogen and oxygen atoms in total. The largest absolute Gasteiger partial charge is 0.444 e. The molecule has 76 heavy (non-hydrogen) atoms. The number of carbonyl (C=O) groups excluding carboxylic acids is 3. The van der Waals surface area contributed by atoms with Gasteiger partial charge < -0.3 is 26.4 Å². The van der Waals surface area contributed by atoms with E-state index in [1.54, 1.807) is 30.7 Å². The number of hydrogen-bond donors (Lipinski definition) is 4. The summed E-state index contributed by atoms with van der Waals surface area (Å²) in [6, 6.07) is 38.6. The molecule has 13 heteroatoms. The molecule has 0 saturated heterocycles. The van der Waals surface area contributed by atoms with Gasteiger partial charge in [0.05, 0.1) is 25.3 Å². The Kier molecular flexibility index (Phi) is 20.5. The summed E-state index contributed by atoms with van der Waals surface area (Å²) in [5.74, 6) is 18.6. The first kappa shape index (κ1) is 54.8. The van der Waals surface area contributed by atoms with Crippen molar-refractivity contribution in [2.24, 2.45) is 20.7 Å². The van der Waals surface area contributed by atoms with Gasteiger partial charge in [0.1, 0.15) is 22.7 Å². The fourth-order valence-corrected chi connectivity index (χ4v) is 7.84. The van der Waals surface area contributed by atoms with E-state index >= 15 is 0 Å². The van der Waals surface area contributed by atoms with Gasteiger partial charge in [0.2, 0.25) is 0 Å². The van der Waals surface area contributed by atoms with Crippen LogP contribution >= 0.6 is 0 Å². The quantitative estimate of drug-likeness (QED) is 0.0656. The Morgan fingerprint density at radius 2 is 0.947 bits per heavy atom. The molecule has 3 aliphatic heterocycles. The number of unbranched alkanes of at least 4 members (excludes halogenated alkanes) is 4. The molecule has 0 radical (unpaired) electrons. The van der Waals surface area contributed by atoms with Gasteiger partial charge in [-0.15, -0.1) is 0 Å². The maximum absolute atomic E-state index is 12.3. The standard InChI is InChI=1S/C27H31N3O3.C22H23N3O.C14H9N3/c1-27(2,3)33-26(32)29-18-8-4-7-17-28-25(31)21-14-11-20(12-15-21)13-16-24-23-10-6-5-9-22(23)19-30-24;23-14-4-1-5-15-24-22(26)18-11-8-17(9-12-18)10-13-21-20-7-3-2-6-19(20)16-25-21;1-2-12-13(17-10-14(12)16-7-1)4-3-11-5-8-15-9-6-11/h5-6,9-12,14-15H,4,7-8,17-19H2,1-3H3,(H,28,31)(H,29,32);2-3,6-9,11-12H,1,4-5,14-16,23H2,(H,24,26);1-2,5-9H,10H2. The second-order valence-electron chi connectivity index (χ2n) is 18.8. The molecule has 0 spiro atoms. The Balaban J connectivity index is 0.000000174. The predicted molar refractivity (Wildman–Crippen MR) is 301 cm³/mol. The Labute approximate surface area is 446 Å². The molecule has 0 fully saturated rings. The molecule has 3 amide bonds. The van der Waals surface area contributed by atoms with Gasteiger partial charge in [-0.1, -0.05) is 72.7 Å². The van der Waals surface area contributed by atoms with Gasteiger partial charge >= 0.3 is 6.09 Å². The lowest BCUT2D eigenvalue weighted by molar-refractivity contribution is 0.0526. The van der Waals surface area contributed by atoms with Crippen LogP contribution in [0.25, 0.3) is 0 Å². The summed E-state index contributed by atoms with van der Waals surface area (Å²) in [6.07, 6.45) is 10.4. The number of aromatic nitrogens is 2. The Bertz CT molecular complexity index is 3250. The van der Waals surface area contributed by atoms with Crippen LogP contribution in [0.15, 0.2) is 155 Å². The number of amides is 3. The molecule has 384 valence electrons. The van der Waals surface area contributed by atoms with E-state index in [1.165, 1.54) is 11.1 Å². The molecule has 0 atom stereocenters. The van der Waals surface area contributed by atoms with Crippen molar-refractivity contribution in [1.29, 1.82) is 0 Å². The van der Waals surface area contributed by atoms with Crippen LogP contribution in [0.3, 0.4) is 0 Å². The number of benzene rings is 4. The highest BCUT2D eigenvalue weighted by Crippen LogP contribution is 2.20. The zero-order chi connectivity index (χ0) is 53.4. The summed E-state index contributed by atoms with van der Waals surface area (Å²) in [7, 11) is 0. The van der Waals surface area contributed by atoms with Gasteiger partial charge in [-0.3, -0.25) is 34.5 Å². The fourth-order valence-electron chi connectivity index (χ4n) is 7.84. The van der Waals surface area contributed by atoms with E-state index in [0.29, 0.717) is 56.9 Å². The third kappa shape index (κ3) is 17.3. The summed E-state index contributed by atoms with van der Waals surface area (Å²) in [4.78, 5) is 57.6. The van der Waals surface area contributed by atoms with Crippen molar-refractivity contribution in [3.05, 3.63) is 201 Å². The molecule has 3 aliphatic rings. The van der Waals surface area contributed by atoms with Crippen molar-refractivity contribution in [1.82, 2.24) is 25.9 Å². The van der Waals surface area contributed by atoms with Crippen molar-refractivity contribution >= 4 is 35.0 Å². The Morgan fingerprint density at radius 3 is 1.46 bits per heavy atom. The van der Waals surface area contributed by atoms with Crippen LogP contribution in [0.1, 0.15) is 130 Å². The zero-order valence-corrected chi connectivity index (χ0v) is 43.4. The molecule has 0 bridgehead atoms. The molecule has 0 saturated carbocycles. The third-order valence-corrected chi connectivity index (χ3v) is 11.8. The molecule has 2 aromatic heterocycles. The SMILES string of the molecule is C(#Cc1ccncc1)C1=NCc2ncccc21.CC(C)(C)OC(=O)NCCCCCNC(=O)c1ccc(C#CC2=NCc3ccccc32)cc1.NCCCCCNC(=O)c1ccc(C#CC2=NCc3ccccc32)cc1. The van der Waals surface area contributed by atoms with E-state index in [9.17, 15) is 14.4 Å². The minimum Gasteiger partial charge on any atom is -0.444 e. The van der Waals surface area contributed by atoms with E-state index in [1.807, 2.05) is 112 Å². The summed E-state index contributed by atoms with van der Waals surface area (Å²) in [6.45, 7) is 10.0. The van der Waals surface area contributed by atoms with E-state index in [4.69, 9.17) is 10.5 Å². The number of fused-ring (bicyclic) bond motifs is 3. The Morgan fingerprint density at radius 1 is 0.500 bits per heavy atom. The molecule has 0 unspecified atom stereocenters. The molecule has 4 aromatic carbocycles. The summed E-state index contributed by atoms with van der Waals surface area (Å²) < 4.78 is 5.19.